The molecule has 0 amide bonds. The van der Waals surface area contributed by atoms with E-state index in [1.165, 1.54) is 16.6 Å². The van der Waals surface area contributed by atoms with Crippen molar-refractivity contribution < 1.29 is 4.39 Å². The Kier molecular flexibility index (Phi) is 3.66. The molecule has 0 aliphatic carbocycles. The molecule has 0 bridgehead atoms. The van der Waals surface area contributed by atoms with E-state index in [4.69, 9.17) is 0 Å². The summed E-state index contributed by atoms with van der Waals surface area (Å²) in [7, 11) is 3.86. The molecule has 0 saturated heterocycles. The predicted octanol–water partition coefficient (Wildman–Crippen LogP) is 1.68. The maximum atomic E-state index is 13.6. The molecule has 3 rings (SSSR count). The molecule has 0 heterocycles. The van der Waals surface area contributed by atoms with Crippen LogP contribution in [0.1, 0.15) is 0 Å². The van der Waals surface area contributed by atoms with E-state index in [2.05, 4.69) is 44.2 Å². The lowest BCUT2D eigenvalue weighted by Gasteiger charge is -2.06. The van der Waals surface area contributed by atoms with E-state index in [9.17, 15) is 4.39 Å². The van der Waals surface area contributed by atoms with Crippen LogP contribution < -0.4 is 10.9 Å². The zero-order valence-electron chi connectivity index (χ0n) is 12.2. The fourth-order valence-corrected chi connectivity index (χ4v) is 2.37. The molecular formula is C18H15B2F. The minimum atomic E-state index is -0.157. The highest BCUT2D eigenvalue weighted by molar-refractivity contribution is 6.32. The Morgan fingerprint density at radius 3 is 1.52 bits per heavy atom. The molecule has 3 aromatic rings. The first-order valence-electron chi connectivity index (χ1n) is 7.07. The molecular weight excluding hydrogens is 257 g/mol. The SMILES string of the molecule is Bc1ccc(-c2ccc(-c3ccc(B)c(F)c3)cc2)cc1. The van der Waals surface area contributed by atoms with Crippen LogP contribution in [0, 0.1) is 5.82 Å². The Hall–Kier alpha value is -2.28. The van der Waals surface area contributed by atoms with Crippen LogP contribution in [0.4, 0.5) is 4.39 Å². The van der Waals surface area contributed by atoms with Gasteiger partial charge in [-0.3, -0.25) is 0 Å². The van der Waals surface area contributed by atoms with Gasteiger partial charge in [-0.05, 0) is 28.3 Å². The summed E-state index contributed by atoms with van der Waals surface area (Å²) >= 11 is 0. The third kappa shape index (κ3) is 2.92. The second-order valence-corrected chi connectivity index (χ2v) is 5.41. The molecule has 3 heteroatoms. The molecule has 0 aliphatic heterocycles. The molecule has 0 radical (unpaired) electrons. The van der Waals surface area contributed by atoms with Gasteiger partial charge in [0.25, 0.3) is 0 Å². The summed E-state index contributed by atoms with van der Waals surface area (Å²) < 4.78 is 13.6. The van der Waals surface area contributed by atoms with Crippen LogP contribution in [0.3, 0.4) is 0 Å². The molecule has 0 fully saturated rings. The van der Waals surface area contributed by atoms with Crippen molar-refractivity contribution in [3.8, 4) is 22.3 Å². The van der Waals surface area contributed by atoms with Crippen LogP contribution in [0.15, 0.2) is 66.7 Å². The summed E-state index contributed by atoms with van der Waals surface area (Å²) in [4.78, 5) is 0. The minimum Gasteiger partial charge on any atom is -0.208 e. The van der Waals surface area contributed by atoms with Gasteiger partial charge in [0.2, 0.25) is 0 Å². The van der Waals surface area contributed by atoms with E-state index in [0.717, 1.165) is 11.1 Å². The van der Waals surface area contributed by atoms with Crippen molar-refractivity contribution >= 4 is 26.6 Å². The first-order valence-corrected chi connectivity index (χ1v) is 7.07. The molecule has 0 unspecified atom stereocenters. The number of rotatable bonds is 2. The Bertz CT molecular complexity index is 762. The van der Waals surface area contributed by atoms with E-state index >= 15 is 0 Å². The van der Waals surface area contributed by atoms with Gasteiger partial charge in [0.05, 0.1) is 0 Å². The molecule has 0 nitrogen and oxygen atoms in total. The largest absolute Gasteiger partial charge is 0.208 e. The first-order chi connectivity index (χ1) is 10.1. The summed E-state index contributed by atoms with van der Waals surface area (Å²) in [6.07, 6.45) is 0. The highest BCUT2D eigenvalue weighted by atomic mass is 19.1. The highest BCUT2D eigenvalue weighted by Gasteiger charge is 2.03. The number of hydrogen-bond acceptors (Lipinski definition) is 0. The Morgan fingerprint density at radius 1 is 0.571 bits per heavy atom. The molecule has 0 N–H and O–H groups in total. The zero-order chi connectivity index (χ0) is 14.8. The zero-order valence-corrected chi connectivity index (χ0v) is 12.2. The molecule has 0 saturated carbocycles. The molecule has 100 valence electrons. The van der Waals surface area contributed by atoms with E-state index in [-0.39, 0.29) is 5.82 Å². The number of benzene rings is 3. The first kappa shape index (κ1) is 13.7. The molecule has 21 heavy (non-hydrogen) atoms. The molecule has 0 atom stereocenters. The van der Waals surface area contributed by atoms with Crippen LogP contribution in [-0.4, -0.2) is 15.7 Å². The van der Waals surface area contributed by atoms with Crippen LogP contribution in [0.25, 0.3) is 22.3 Å². The van der Waals surface area contributed by atoms with Gasteiger partial charge in [-0.15, -0.1) is 0 Å². The number of halogens is 1. The fourth-order valence-electron chi connectivity index (χ4n) is 2.37. The predicted molar refractivity (Wildman–Crippen MR) is 93.6 cm³/mol. The summed E-state index contributed by atoms with van der Waals surface area (Å²) in [6.45, 7) is 0. The molecule has 0 aliphatic rings. The van der Waals surface area contributed by atoms with Gasteiger partial charge >= 0.3 is 0 Å². The maximum Gasteiger partial charge on any atom is 0.143 e. The van der Waals surface area contributed by atoms with Crippen LogP contribution in [0.2, 0.25) is 0 Å². The van der Waals surface area contributed by atoms with Gasteiger partial charge in [0.15, 0.2) is 0 Å². The topological polar surface area (TPSA) is 0 Å². The van der Waals surface area contributed by atoms with Gasteiger partial charge in [0.1, 0.15) is 21.5 Å². The van der Waals surface area contributed by atoms with E-state index < -0.39 is 0 Å². The number of hydrogen-bond donors (Lipinski definition) is 0. The summed E-state index contributed by atoms with van der Waals surface area (Å²) in [6, 6.07) is 22.1. The van der Waals surface area contributed by atoms with Gasteiger partial charge < -0.3 is 0 Å². The normalized spacial score (nSPS) is 10.5. The second-order valence-electron chi connectivity index (χ2n) is 5.41. The Labute approximate surface area is 126 Å². The summed E-state index contributed by atoms with van der Waals surface area (Å²) in [5.74, 6) is -0.157. The quantitative estimate of drug-likeness (QED) is 0.622. The average Bonchev–Trinajstić information content (AvgIpc) is 2.51. The van der Waals surface area contributed by atoms with Crippen molar-refractivity contribution in [2.24, 2.45) is 0 Å². The van der Waals surface area contributed by atoms with Crippen molar-refractivity contribution in [3.63, 3.8) is 0 Å². The van der Waals surface area contributed by atoms with Gasteiger partial charge in [-0.1, -0.05) is 71.6 Å². The van der Waals surface area contributed by atoms with Gasteiger partial charge in [0, 0.05) is 0 Å². The van der Waals surface area contributed by atoms with Gasteiger partial charge in [-0.25, -0.2) is 4.39 Å². The monoisotopic (exact) mass is 272 g/mol. The summed E-state index contributed by atoms with van der Waals surface area (Å²) in [5, 5.41) is 0. The lowest BCUT2D eigenvalue weighted by molar-refractivity contribution is 0.636. The van der Waals surface area contributed by atoms with Crippen molar-refractivity contribution in [1.29, 1.82) is 0 Å². The van der Waals surface area contributed by atoms with Crippen molar-refractivity contribution in [2.75, 3.05) is 0 Å². The van der Waals surface area contributed by atoms with Crippen LogP contribution >= 0.6 is 0 Å². The lowest BCUT2D eigenvalue weighted by Crippen LogP contribution is -2.07. The van der Waals surface area contributed by atoms with Crippen molar-refractivity contribution in [3.05, 3.63) is 72.5 Å². The van der Waals surface area contributed by atoms with E-state index in [0.29, 0.717) is 5.46 Å². The standard InChI is InChI=1S/C18H15B2F/c19-16-8-5-13(6-9-16)12-1-3-14(4-2-12)15-7-10-17(20)18(21)11-15/h1-11H,19-20H2. The van der Waals surface area contributed by atoms with Gasteiger partial charge in [-0.2, -0.15) is 0 Å². The molecule has 0 aromatic heterocycles. The minimum absolute atomic E-state index is 0.157. The van der Waals surface area contributed by atoms with Crippen LogP contribution in [0.5, 0.6) is 0 Å². The van der Waals surface area contributed by atoms with Crippen LogP contribution in [-0.2, 0) is 0 Å². The summed E-state index contributed by atoms with van der Waals surface area (Å²) in [5.41, 5.74) is 6.24. The lowest BCUT2D eigenvalue weighted by atomic mass is 9.91. The third-order valence-corrected chi connectivity index (χ3v) is 3.77. The van der Waals surface area contributed by atoms with E-state index in [1.807, 2.05) is 24.3 Å². The Balaban J connectivity index is 1.93. The highest BCUT2D eigenvalue weighted by Crippen LogP contribution is 2.24. The molecule has 0 spiro atoms. The van der Waals surface area contributed by atoms with Crippen molar-refractivity contribution in [2.45, 2.75) is 0 Å². The maximum absolute atomic E-state index is 13.6. The third-order valence-electron chi connectivity index (χ3n) is 3.77. The second kappa shape index (κ2) is 5.61. The average molecular weight is 272 g/mol. The Morgan fingerprint density at radius 2 is 1.00 bits per heavy atom. The van der Waals surface area contributed by atoms with Crippen molar-refractivity contribution in [1.82, 2.24) is 0 Å². The fraction of sp³-hybridized carbons (Fsp3) is 0. The smallest absolute Gasteiger partial charge is 0.143 e. The molecule has 3 aromatic carbocycles. The van der Waals surface area contributed by atoms with E-state index in [1.54, 1.807) is 13.9 Å².